The van der Waals surface area contributed by atoms with Gasteiger partial charge in [0.05, 0.1) is 38.9 Å². The summed E-state index contributed by atoms with van der Waals surface area (Å²) in [7, 11) is 3.26. The molecule has 0 saturated heterocycles. The summed E-state index contributed by atoms with van der Waals surface area (Å²) in [4.78, 5) is 15.1. The van der Waals surface area contributed by atoms with E-state index in [0.717, 1.165) is 46.9 Å². The summed E-state index contributed by atoms with van der Waals surface area (Å²) in [6, 6.07) is 8.19. The highest BCUT2D eigenvalue weighted by Gasteiger charge is 2.33. The van der Waals surface area contributed by atoms with E-state index in [9.17, 15) is 4.79 Å². The maximum atomic E-state index is 13.1. The van der Waals surface area contributed by atoms with Crippen LogP contribution in [0.2, 0.25) is 0 Å². The molecule has 0 N–H and O–H groups in total. The average Bonchev–Trinajstić information content (AvgIpc) is 3.55. The molecule has 1 saturated carbocycles. The number of methoxy groups -OCH3 is 2. The van der Waals surface area contributed by atoms with Gasteiger partial charge in [0.2, 0.25) is 5.91 Å². The molecule has 160 valence electrons. The van der Waals surface area contributed by atoms with Crippen molar-refractivity contribution < 1.29 is 14.3 Å². The number of carbonyl (C=O) groups is 1. The molecular weight excluding hydrogens is 380 g/mol. The first-order valence-electron chi connectivity index (χ1n) is 10.4. The molecule has 7 heteroatoms. The Morgan fingerprint density at radius 1 is 1.30 bits per heavy atom. The Hall–Kier alpha value is -3.01. The Kier molecular flexibility index (Phi) is 6.99. The van der Waals surface area contributed by atoms with Crippen LogP contribution in [0.15, 0.2) is 18.2 Å². The van der Waals surface area contributed by atoms with Gasteiger partial charge in [-0.3, -0.25) is 9.48 Å². The lowest BCUT2D eigenvalue weighted by atomic mass is 10.1. The van der Waals surface area contributed by atoms with Crippen LogP contribution in [-0.4, -0.2) is 40.8 Å². The minimum absolute atomic E-state index is 0.152. The van der Waals surface area contributed by atoms with Crippen LogP contribution in [0.3, 0.4) is 0 Å². The molecule has 0 bridgehead atoms. The first-order valence-corrected chi connectivity index (χ1v) is 10.4. The lowest BCUT2D eigenvalue weighted by Crippen LogP contribution is -2.33. The molecule has 1 aliphatic rings. The van der Waals surface area contributed by atoms with Gasteiger partial charge in [0, 0.05) is 36.3 Å². The van der Waals surface area contributed by atoms with Gasteiger partial charge in [-0.25, -0.2) is 0 Å². The second kappa shape index (κ2) is 9.66. The molecule has 3 rings (SSSR count). The highest BCUT2D eigenvalue weighted by atomic mass is 16.5. The predicted octanol–water partition coefficient (Wildman–Crippen LogP) is 3.55. The van der Waals surface area contributed by atoms with Crippen molar-refractivity contribution in [2.24, 2.45) is 0 Å². The van der Waals surface area contributed by atoms with Crippen LogP contribution < -0.4 is 9.47 Å². The van der Waals surface area contributed by atoms with Crippen LogP contribution in [-0.2, 0) is 24.3 Å². The highest BCUT2D eigenvalue weighted by molar-refractivity contribution is 5.77. The summed E-state index contributed by atoms with van der Waals surface area (Å²) in [6.07, 6.45) is 3.63. The number of aryl methyl sites for hydroxylation is 2. The van der Waals surface area contributed by atoms with Crippen molar-refractivity contribution in [2.75, 3.05) is 14.2 Å². The van der Waals surface area contributed by atoms with Crippen LogP contribution in [0.25, 0.3) is 0 Å². The number of nitriles is 1. The lowest BCUT2D eigenvalue weighted by Gasteiger charge is -2.24. The van der Waals surface area contributed by atoms with Crippen molar-refractivity contribution in [3.63, 3.8) is 0 Å². The molecule has 1 aromatic heterocycles. The number of carbonyl (C=O) groups excluding carboxylic acids is 1. The fraction of sp³-hybridized carbons (Fsp3) is 0.522. The summed E-state index contributed by atoms with van der Waals surface area (Å²) in [5.41, 5.74) is 4.08. The first-order chi connectivity index (χ1) is 14.5. The smallest absolute Gasteiger partial charge is 0.223 e. The molecule has 0 aliphatic heterocycles. The number of hydrogen-bond acceptors (Lipinski definition) is 5. The normalized spacial score (nSPS) is 13.0. The second-order valence-electron chi connectivity index (χ2n) is 7.71. The minimum Gasteiger partial charge on any atom is -0.497 e. The van der Waals surface area contributed by atoms with Crippen LogP contribution in [0.4, 0.5) is 0 Å². The van der Waals surface area contributed by atoms with Gasteiger partial charge in [0.15, 0.2) is 0 Å². The van der Waals surface area contributed by atoms with E-state index in [4.69, 9.17) is 14.7 Å². The SMILES string of the molecule is COc1ccc(CN(C(=O)CCc2c(C)nn(CCC#N)c2C)C2CC2)c(OC)c1. The zero-order valence-electron chi connectivity index (χ0n) is 18.3. The Morgan fingerprint density at radius 3 is 2.70 bits per heavy atom. The predicted molar refractivity (Wildman–Crippen MR) is 113 cm³/mol. The Labute approximate surface area is 178 Å². The van der Waals surface area contributed by atoms with Crippen molar-refractivity contribution in [1.82, 2.24) is 14.7 Å². The molecule has 0 atom stereocenters. The maximum Gasteiger partial charge on any atom is 0.223 e. The molecular formula is C23H30N4O3. The van der Waals surface area contributed by atoms with Gasteiger partial charge in [-0.05, 0) is 50.8 Å². The summed E-state index contributed by atoms with van der Waals surface area (Å²) >= 11 is 0. The van der Waals surface area contributed by atoms with Gasteiger partial charge in [-0.2, -0.15) is 10.4 Å². The molecule has 7 nitrogen and oxygen atoms in total. The Balaban J connectivity index is 1.69. The fourth-order valence-electron chi connectivity index (χ4n) is 3.82. The molecule has 2 aromatic rings. The van der Waals surface area contributed by atoms with Crippen LogP contribution in [0.5, 0.6) is 11.5 Å². The zero-order chi connectivity index (χ0) is 21.7. The average molecular weight is 411 g/mol. The number of hydrogen-bond donors (Lipinski definition) is 0. The second-order valence-corrected chi connectivity index (χ2v) is 7.71. The van der Waals surface area contributed by atoms with Crippen molar-refractivity contribution in [3.8, 4) is 17.6 Å². The quantitative estimate of drug-likeness (QED) is 0.598. The molecule has 1 amide bonds. The van der Waals surface area contributed by atoms with E-state index in [1.165, 1.54) is 0 Å². The monoisotopic (exact) mass is 410 g/mol. The summed E-state index contributed by atoms with van der Waals surface area (Å²) in [5, 5.41) is 13.4. The number of rotatable bonds is 10. The Morgan fingerprint density at radius 2 is 2.07 bits per heavy atom. The van der Waals surface area contributed by atoms with Gasteiger partial charge < -0.3 is 14.4 Å². The van der Waals surface area contributed by atoms with E-state index < -0.39 is 0 Å². The van der Waals surface area contributed by atoms with Crippen molar-refractivity contribution in [2.45, 2.75) is 65.1 Å². The summed E-state index contributed by atoms with van der Waals surface area (Å²) in [5.74, 6) is 1.62. The van der Waals surface area contributed by atoms with Crippen LogP contribution >= 0.6 is 0 Å². The van der Waals surface area contributed by atoms with Gasteiger partial charge in [0.25, 0.3) is 0 Å². The van der Waals surface area contributed by atoms with Crippen molar-refractivity contribution >= 4 is 5.91 Å². The molecule has 0 spiro atoms. The Bertz CT molecular complexity index is 941. The topological polar surface area (TPSA) is 80.4 Å². The van der Waals surface area contributed by atoms with Crippen molar-refractivity contribution in [3.05, 3.63) is 40.7 Å². The molecule has 1 aromatic carbocycles. The highest BCUT2D eigenvalue weighted by Crippen LogP contribution is 2.32. The third-order valence-electron chi connectivity index (χ3n) is 5.70. The third kappa shape index (κ3) is 4.93. The fourth-order valence-corrected chi connectivity index (χ4v) is 3.82. The van der Waals surface area contributed by atoms with Crippen LogP contribution in [0.1, 0.15) is 48.2 Å². The molecule has 1 heterocycles. The van der Waals surface area contributed by atoms with E-state index in [2.05, 4.69) is 11.2 Å². The van der Waals surface area contributed by atoms with E-state index in [1.54, 1.807) is 14.2 Å². The molecule has 1 aliphatic carbocycles. The van der Waals surface area contributed by atoms with E-state index in [0.29, 0.717) is 38.4 Å². The van der Waals surface area contributed by atoms with Gasteiger partial charge in [-0.1, -0.05) is 0 Å². The number of aromatic nitrogens is 2. The summed E-state index contributed by atoms with van der Waals surface area (Å²) < 4.78 is 12.7. The zero-order valence-corrected chi connectivity index (χ0v) is 18.3. The minimum atomic E-state index is 0.152. The van der Waals surface area contributed by atoms with Gasteiger partial charge in [0.1, 0.15) is 11.5 Å². The number of ether oxygens (including phenoxy) is 2. The molecule has 1 fully saturated rings. The lowest BCUT2D eigenvalue weighted by molar-refractivity contribution is -0.132. The van der Waals surface area contributed by atoms with E-state index in [-0.39, 0.29) is 5.91 Å². The summed E-state index contributed by atoms with van der Waals surface area (Å²) in [6.45, 7) is 5.10. The van der Waals surface area contributed by atoms with Gasteiger partial charge in [-0.15, -0.1) is 0 Å². The van der Waals surface area contributed by atoms with Crippen LogP contribution in [0, 0.1) is 25.2 Å². The third-order valence-corrected chi connectivity index (χ3v) is 5.70. The van der Waals surface area contributed by atoms with Crippen molar-refractivity contribution in [1.29, 1.82) is 5.26 Å². The van der Waals surface area contributed by atoms with E-state index >= 15 is 0 Å². The number of benzene rings is 1. The molecule has 0 radical (unpaired) electrons. The molecule has 30 heavy (non-hydrogen) atoms. The first kappa shape index (κ1) is 21.7. The van der Waals surface area contributed by atoms with Gasteiger partial charge >= 0.3 is 0 Å². The molecule has 0 unspecified atom stereocenters. The van der Waals surface area contributed by atoms with E-state index in [1.807, 2.05) is 41.6 Å². The largest absolute Gasteiger partial charge is 0.497 e. The number of nitrogens with zero attached hydrogens (tertiary/aromatic N) is 4. The number of amides is 1. The maximum absolute atomic E-state index is 13.1. The standard InChI is InChI=1S/C23H30N4O3/c1-16-21(17(2)27(25-16)13-5-12-24)10-11-23(28)26(19-7-8-19)15-18-6-9-20(29-3)14-22(18)30-4/h6,9,14,19H,5,7-8,10-11,13,15H2,1-4H3.